The van der Waals surface area contributed by atoms with Crippen molar-refractivity contribution in [2.24, 2.45) is 5.73 Å². The van der Waals surface area contributed by atoms with Crippen molar-refractivity contribution in [1.82, 2.24) is 4.90 Å². The number of amides is 2. The molecule has 1 aliphatic rings. The fourth-order valence-corrected chi connectivity index (χ4v) is 2.02. The van der Waals surface area contributed by atoms with E-state index in [0.717, 1.165) is 16.5 Å². The molecule has 0 atom stereocenters. The molecule has 1 aromatic rings. The Labute approximate surface area is 116 Å². The molecule has 6 heteroatoms. The molecular weight excluding hydrogens is 260 g/mol. The highest BCUT2D eigenvalue weighted by molar-refractivity contribution is 6.15. The van der Waals surface area contributed by atoms with Crippen LogP contribution in [0.3, 0.4) is 0 Å². The third kappa shape index (κ3) is 2.59. The van der Waals surface area contributed by atoms with Crippen molar-refractivity contribution < 1.29 is 19.1 Å². The molecule has 6 nitrogen and oxygen atoms in total. The fraction of sp³-hybridized carbons (Fsp3) is 0.286. The molecular formula is C14H16N2O4. The lowest BCUT2D eigenvalue weighted by atomic mass is 10.1. The highest BCUT2D eigenvalue weighted by Gasteiger charge is 2.28. The summed E-state index contributed by atoms with van der Waals surface area (Å²) in [6.07, 6.45) is 1.68. The summed E-state index contributed by atoms with van der Waals surface area (Å²) < 4.78 is 10.4. The fourth-order valence-electron chi connectivity index (χ4n) is 2.02. The smallest absolute Gasteiger partial charge is 0.276 e. The second kappa shape index (κ2) is 5.64. The molecule has 2 N–H and O–H groups in total. The minimum absolute atomic E-state index is 0.0117. The second-order valence-electron chi connectivity index (χ2n) is 4.33. The zero-order chi connectivity index (χ0) is 14.7. The number of ether oxygens (including phenoxy) is 2. The SMILES string of the molecule is COc1ccc(CCN2C(=O)C=C(N)C2=O)cc1OC. The Balaban J connectivity index is 2.05. The van der Waals surface area contributed by atoms with Crippen LogP contribution < -0.4 is 15.2 Å². The van der Waals surface area contributed by atoms with Gasteiger partial charge in [0.25, 0.3) is 11.8 Å². The van der Waals surface area contributed by atoms with Crippen molar-refractivity contribution in [2.45, 2.75) is 6.42 Å². The Bertz CT molecular complexity index is 581. The maximum atomic E-state index is 11.6. The summed E-state index contributed by atoms with van der Waals surface area (Å²) in [7, 11) is 3.12. The van der Waals surface area contributed by atoms with Crippen LogP contribution in [0.2, 0.25) is 0 Å². The Morgan fingerprint density at radius 1 is 1.15 bits per heavy atom. The van der Waals surface area contributed by atoms with Gasteiger partial charge in [0.2, 0.25) is 0 Å². The minimum Gasteiger partial charge on any atom is -0.493 e. The molecule has 0 spiro atoms. The molecule has 0 aromatic heterocycles. The van der Waals surface area contributed by atoms with Gasteiger partial charge in [-0.3, -0.25) is 14.5 Å². The predicted octanol–water partition coefficient (Wildman–Crippen LogP) is 0.458. The van der Waals surface area contributed by atoms with E-state index in [-0.39, 0.29) is 18.1 Å². The molecule has 1 aliphatic heterocycles. The van der Waals surface area contributed by atoms with Crippen LogP contribution in [0.25, 0.3) is 0 Å². The third-order valence-electron chi connectivity index (χ3n) is 3.11. The number of nitrogens with zero attached hydrogens (tertiary/aromatic N) is 1. The van der Waals surface area contributed by atoms with Crippen molar-refractivity contribution in [2.75, 3.05) is 20.8 Å². The number of nitrogens with two attached hydrogens (primary N) is 1. The van der Waals surface area contributed by atoms with Crippen LogP contribution in [0.5, 0.6) is 11.5 Å². The first kappa shape index (κ1) is 13.9. The highest BCUT2D eigenvalue weighted by Crippen LogP contribution is 2.27. The molecule has 2 rings (SSSR count). The third-order valence-corrected chi connectivity index (χ3v) is 3.11. The number of benzene rings is 1. The first-order valence-electron chi connectivity index (χ1n) is 6.10. The lowest BCUT2D eigenvalue weighted by molar-refractivity contribution is -0.137. The Kier molecular flexibility index (Phi) is 3.93. The van der Waals surface area contributed by atoms with Gasteiger partial charge in [-0.15, -0.1) is 0 Å². The number of hydrogen-bond acceptors (Lipinski definition) is 5. The number of rotatable bonds is 5. The lowest BCUT2D eigenvalue weighted by Gasteiger charge is -2.15. The van der Waals surface area contributed by atoms with Gasteiger partial charge in [0, 0.05) is 12.6 Å². The van der Waals surface area contributed by atoms with Gasteiger partial charge in [-0.1, -0.05) is 6.07 Å². The Morgan fingerprint density at radius 3 is 2.40 bits per heavy atom. The maximum Gasteiger partial charge on any atom is 0.276 e. The number of hydrogen-bond donors (Lipinski definition) is 1. The molecule has 2 amide bonds. The summed E-state index contributed by atoms with van der Waals surface area (Å²) in [5.74, 6) is 0.445. The Morgan fingerprint density at radius 2 is 1.85 bits per heavy atom. The van der Waals surface area contributed by atoms with Gasteiger partial charge >= 0.3 is 0 Å². The summed E-state index contributed by atoms with van der Waals surface area (Å²) in [5, 5.41) is 0. The molecule has 1 heterocycles. The van der Waals surface area contributed by atoms with E-state index in [1.807, 2.05) is 12.1 Å². The van der Waals surface area contributed by atoms with E-state index in [0.29, 0.717) is 17.9 Å². The summed E-state index contributed by atoms with van der Waals surface area (Å²) >= 11 is 0. The highest BCUT2D eigenvalue weighted by atomic mass is 16.5. The van der Waals surface area contributed by atoms with Crippen molar-refractivity contribution in [3.63, 3.8) is 0 Å². The van der Waals surface area contributed by atoms with E-state index in [1.54, 1.807) is 20.3 Å². The van der Waals surface area contributed by atoms with E-state index < -0.39 is 5.91 Å². The first-order valence-corrected chi connectivity index (χ1v) is 6.10. The molecule has 106 valence electrons. The molecule has 0 unspecified atom stereocenters. The minimum atomic E-state index is -0.435. The molecule has 0 fully saturated rings. The van der Waals surface area contributed by atoms with Crippen LogP contribution in [0.15, 0.2) is 30.0 Å². The summed E-state index contributed by atoms with van der Waals surface area (Å²) in [4.78, 5) is 24.3. The van der Waals surface area contributed by atoms with Crippen molar-refractivity contribution in [3.8, 4) is 11.5 Å². The van der Waals surface area contributed by atoms with Crippen molar-refractivity contribution >= 4 is 11.8 Å². The standard InChI is InChI=1S/C14H16N2O4/c1-19-11-4-3-9(7-12(11)20-2)5-6-16-13(17)8-10(15)14(16)18/h3-4,7-8H,5-6,15H2,1-2H3. The number of carbonyl (C=O) groups excluding carboxylic acids is 2. The quantitative estimate of drug-likeness (QED) is 0.790. The molecule has 0 saturated heterocycles. The molecule has 0 saturated carbocycles. The van der Waals surface area contributed by atoms with Crippen LogP contribution >= 0.6 is 0 Å². The lowest BCUT2D eigenvalue weighted by Crippen LogP contribution is -2.34. The number of carbonyl (C=O) groups is 2. The van der Waals surface area contributed by atoms with Crippen LogP contribution in [-0.4, -0.2) is 37.5 Å². The van der Waals surface area contributed by atoms with Gasteiger partial charge in [-0.25, -0.2) is 0 Å². The zero-order valence-electron chi connectivity index (χ0n) is 11.4. The summed E-state index contributed by atoms with van der Waals surface area (Å²) in [6.45, 7) is 0.282. The maximum absolute atomic E-state index is 11.6. The van der Waals surface area contributed by atoms with E-state index in [2.05, 4.69) is 0 Å². The molecule has 0 bridgehead atoms. The molecule has 0 aliphatic carbocycles. The van der Waals surface area contributed by atoms with E-state index >= 15 is 0 Å². The van der Waals surface area contributed by atoms with Gasteiger partial charge in [-0.05, 0) is 24.1 Å². The van der Waals surface area contributed by atoms with Crippen LogP contribution in [0, 0.1) is 0 Å². The second-order valence-corrected chi connectivity index (χ2v) is 4.33. The van der Waals surface area contributed by atoms with Crippen molar-refractivity contribution in [1.29, 1.82) is 0 Å². The van der Waals surface area contributed by atoms with Gasteiger partial charge in [0.05, 0.1) is 14.2 Å². The van der Waals surface area contributed by atoms with Crippen LogP contribution in [0.4, 0.5) is 0 Å². The zero-order valence-corrected chi connectivity index (χ0v) is 11.4. The topological polar surface area (TPSA) is 81.9 Å². The number of imide groups is 1. The van der Waals surface area contributed by atoms with Gasteiger partial charge in [-0.2, -0.15) is 0 Å². The Hall–Kier alpha value is -2.50. The molecule has 20 heavy (non-hydrogen) atoms. The normalized spacial score (nSPS) is 14.5. The van der Waals surface area contributed by atoms with Crippen LogP contribution in [-0.2, 0) is 16.0 Å². The predicted molar refractivity (Wildman–Crippen MR) is 72.2 cm³/mol. The van der Waals surface area contributed by atoms with E-state index in [9.17, 15) is 9.59 Å². The average Bonchev–Trinajstić information content (AvgIpc) is 2.70. The molecule has 1 aromatic carbocycles. The summed E-state index contributed by atoms with van der Waals surface area (Å²) in [6, 6.07) is 5.47. The van der Waals surface area contributed by atoms with Gasteiger partial charge < -0.3 is 15.2 Å². The number of methoxy groups -OCH3 is 2. The van der Waals surface area contributed by atoms with E-state index in [4.69, 9.17) is 15.2 Å². The largest absolute Gasteiger partial charge is 0.493 e. The van der Waals surface area contributed by atoms with Crippen LogP contribution in [0.1, 0.15) is 5.56 Å². The van der Waals surface area contributed by atoms with Gasteiger partial charge in [0.1, 0.15) is 5.70 Å². The average molecular weight is 276 g/mol. The van der Waals surface area contributed by atoms with Gasteiger partial charge in [0.15, 0.2) is 11.5 Å². The first-order chi connectivity index (χ1) is 9.56. The van der Waals surface area contributed by atoms with E-state index in [1.165, 1.54) is 0 Å². The van der Waals surface area contributed by atoms with Crippen molar-refractivity contribution in [3.05, 3.63) is 35.5 Å². The monoisotopic (exact) mass is 276 g/mol. The molecule has 0 radical (unpaired) electrons. The summed E-state index contributed by atoms with van der Waals surface area (Å²) in [5.41, 5.74) is 6.35.